The van der Waals surface area contributed by atoms with Crippen LogP contribution >= 0.6 is 0 Å². The highest BCUT2D eigenvalue weighted by molar-refractivity contribution is 7.85. The van der Waals surface area contributed by atoms with E-state index in [2.05, 4.69) is 5.32 Å². The van der Waals surface area contributed by atoms with Crippen LogP contribution in [0.3, 0.4) is 0 Å². The van der Waals surface area contributed by atoms with E-state index in [1.165, 1.54) is 12.1 Å². The Balaban J connectivity index is 2.13. The van der Waals surface area contributed by atoms with E-state index >= 15 is 0 Å². The second kappa shape index (κ2) is 9.00. The third-order valence-electron chi connectivity index (χ3n) is 2.89. The van der Waals surface area contributed by atoms with Gasteiger partial charge in [-0.15, -0.1) is 0 Å². The predicted molar refractivity (Wildman–Crippen MR) is 89.6 cm³/mol. The Morgan fingerprint density at radius 1 is 1.17 bits per heavy atom. The van der Waals surface area contributed by atoms with Gasteiger partial charge in [0.2, 0.25) is 0 Å². The molecule has 0 radical (unpaired) electrons. The summed E-state index contributed by atoms with van der Waals surface area (Å²) in [7, 11) is -4.14. The molecule has 136 valence electrons. The first-order valence-electron chi connectivity index (χ1n) is 7.69. The zero-order valence-electron chi connectivity index (χ0n) is 14.2. The average Bonchev–Trinajstić information content (AvgIpc) is 2.44. The van der Waals surface area contributed by atoms with E-state index in [0.717, 1.165) is 18.4 Å². The van der Waals surface area contributed by atoms with Gasteiger partial charge in [-0.25, -0.2) is 4.79 Å². The molecular weight excluding hydrogens is 334 g/mol. The molecule has 0 aliphatic rings. The Bertz CT molecular complexity index is 619. The van der Waals surface area contributed by atoms with Gasteiger partial charge in [0.1, 0.15) is 5.60 Å². The molecule has 0 bridgehead atoms. The first-order chi connectivity index (χ1) is 11.1. The van der Waals surface area contributed by atoms with Gasteiger partial charge in [-0.1, -0.05) is 12.1 Å². The van der Waals surface area contributed by atoms with Crippen molar-refractivity contribution in [1.82, 2.24) is 5.32 Å². The molecule has 0 saturated carbocycles. The van der Waals surface area contributed by atoms with E-state index < -0.39 is 21.8 Å². The van der Waals surface area contributed by atoms with E-state index in [4.69, 9.17) is 14.0 Å². The minimum Gasteiger partial charge on any atom is -0.444 e. The molecule has 0 saturated heterocycles. The highest BCUT2D eigenvalue weighted by Gasteiger charge is 2.15. The second-order valence-corrected chi connectivity index (χ2v) is 7.69. The van der Waals surface area contributed by atoms with Gasteiger partial charge in [-0.3, -0.25) is 4.55 Å². The number of hydrogen-bond acceptors (Lipinski definition) is 5. The number of rotatable bonds is 8. The van der Waals surface area contributed by atoms with Gasteiger partial charge in [-0.2, -0.15) is 8.42 Å². The highest BCUT2D eigenvalue weighted by atomic mass is 32.2. The molecule has 0 aliphatic heterocycles. The minimum absolute atomic E-state index is 0.115. The fourth-order valence-electron chi connectivity index (χ4n) is 1.85. The molecule has 1 aromatic carbocycles. The summed E-state index contributed by atoms with van der Waals surface area (Å²) in [5, 5.41) is 2.60. The van der Waals surface area contributed by atoms with Crippen molar-refractivity contribution in [2.24, 2.45) is 0 Å². The summed E-state index contributed by atoms with van der Waals surface area (Å²) >= 11 is 0. The number of aryl methyl sites for hydroxylation is 1. The smallest absolute Gasteiger partial charge is 0.407 e. The van der Waals surface area contributed by atoms with E-state index in [9.17, 15) is 13.2 Å². The summed E-state index contributed by atoms with van der Waals surface area (Å²) in [5.74, 6) is 0. The van der Waals surface area contributed by atoms with Gasteiger partial charge >= 0.3 is 6.09 Å². The Hall–Kier alpha value is -1.64. The van der Waals surface area contributed by atoms with Crippen LogP contribution in [0.2, 0.25) is 0 Å². The van der Waals surface area contributed by atoms with Gasteiger partial charge in [0.05, 0.1) is 11.5 Å². The quantitative estimate of drug-likeness (QED) is 0.546. The normalized spacial score (nSPS) is 12.0. The number of carbonyl (C=O) groups is 1. The third kappa shape index (κ3) is 8.85. The van der Waals surface area contributed by atoms with Crippen molar-refractivity contribution in [2.75, 3.05) is 19.8 Å². The Morgan fingerprint density at radius 2 is 1.79 bits per heavy atom. The molecule has 0 atom stereocenters. The molecule has 0 spiro atoms. The summed E-state index contributed by atoms with van der Waals surface area (Å²) in [5.41, 5.74) is 0.438. The number of nitrogens with one attached hydrogen (secondary N) is 1. The Morgan fingerprint density at radius 3 is 2.33 bits per heavy atom. The third-order valence-corrected chi connectivity index (χ3v) is 3.76. The number of hydrogen-bond donors (Lipinski definition) is 2. The molecule has 0 unspecified atom stereocenters. The van der Waals surface area contributed by atoms with Crippen LogP contribution in [-0.4, -0.2) is 44.4 Å². The van der Waals surface area contributed by atoms with Crippen molar-refractivity contribution < 1.29 is 27.2 Å². The van der Waals surface area contributed by atoms with Crippen LogP contribution in [0.1, 0.15) is 32.8 Å². The van der Waals surface area contributed by atoms with Crippen LogP contribution in [0, 0.1) is 0 Å². The van der Waals surface area contributed by atoms with Gasteiger partial charge in [-0.05, 0) is 51.3 Å². The van der Waals surface area contributed by atoms with Crippen LogP contribution in [-0.2, 0) is 26.0 Å². The maximum atomic E-state index is 11.4. The van der Waals surface area contributed by atoms with E-state index in [-0.39, 0.29) is 4.90 Å². The molecule has 2 N–H and O–H groups in total. The van der Waals surface area contributed by atoms with Crippen LogP contribution in [0.5, 0.6) is 0 Å². The molecule has 1 rings (SSSR count). The zero-order chi connectivity index (χ0) is 18.2. The summed E-state index contributed by atoms with van der Waals surface area (Å²) in [6.45, 7) is 6.68. The molecular formula is C16H25NO6S. The number of alkyl carbamates (subject to hydrolysis) is 1. The number of carbonyl (C=O) groups excluding carboxylic acids is 1. The van der Waals surface area contributed by atoms with Crippen LogP contribution in [0.25, 0.3) is 0 Å². The standard InChI is InChI=1S/C16H25NO6S/c1-16(2,3)23-15(18)17-10-12-22-11-4-5-13-6-8-14(9-7-13)24(19,20)21/h6-9H,4-5,10-12H2,1-3H3,(H,17,18)(H,19,20,21). The lowest BCUT2D eigenvalue weighted by Gasteiger charge is -2.19. The SMILES string of the molecule is CC(C)(C)OC(=O)NCCOCCCc1ccc(S(=O)(=O)O)cc1. The molecule has 8 heteroatoms. The van der Waals surface area contributed by atoms with Gasteiger partial charge in [0.25, 0.3) is 10.1 Å². The summed E-state index contributed by atoms with van der Waals surface area (Å²) in [6, 6.07) is 6.06. The van der Waals surface area contributed by atoms with Gasteiger partial charge < -0.3 is 14.8 Å². The Kier molecular flexibility index (Phi) is 7.65. The zero-order valence-corrected chi connectivity index (χ0v) is 15.1. The first-order valence-corrected chi connectivity index (χ1v) is 9.13. The molecule has 24 heavy (non-hydrogen) atoms. The number of ether oxygens (including phenoxy) is 2. The lowest BCUT2D eigenvalue weighted by atomic mass is 10.1. The predicted octanol–water partition coefficient (Wildman–Crippen LogP) is 2.41. The van der Waals surface area contributed by atoms with E-state index in [0.29, 0.717) is 19.8 Å². The number of amides is 1. The first kappa shape index (κ1) is 20.4. The van der Waals surface area contributed by atoms with Crippen molar-refractivity contribution in [1.29, 1.82) is 0 Å². The van der Waals surface area contributed by atoms with Crippen molar-refractivity contribution >= 4 is 16.2 Å². The molecule has 0 heterocycles. The summed E-state index contributed by atoms with van der Waals surface area (Å²) in [4.78, 5) is 11.3. The van der Waals surface area contributed by atoms with Crippen molar-refractivity contribution in [3.05, 3.63) is 29.8 Å². The molecule has 1 amide bonds. The molecule has 0 fully saturated rings. The molecule has 7 nitrogen and oxygen atoms in total. The summed E-state index contributed by atoms with van der Waals surface area (Å²) in [6.07, 6.45) is 1.02. The van der Waals surface area contributed by atoms with Crippen molar-refractivity contribution in [3.8, 4) is 0 Å². The van der Waals surface area contributed by atoms with Crippen LogP contribution in [0.15, 0.2) is 29.2 Å². The van der Waals surface area contributed by atoms with Crippen LogP contribution in [0.4, 0.5) is 4.79 Å². The van der Waals surface area contributed by atoms with E-state index in [1.54, 1.807) is 32.9 Å². The largest absolute Gasteiger partial charge is 0.444 e. The lowest BCUT2D eigenvalue weighted by Crippen LogP contribution is -2.34. The Labute approximate surface area is 143 Å². The molecule has 1 aromatic rings. The fourth-order valence-corrected chi connectivity index (χ4v) is 2.33. The minimum atomic E-state index is -4.14. The van der Waals surface area contributed by atoms with Crippen molar-refractivity contribution in [3.63, 3.8) is 0 Å². The highest BCUT2D eigenvalue weighted by Crippen LogP contribution is 2.11. The molecule has 0 aliphatic carbocycles. The van der Waals surface area contributed by atoms with E-state index in [1.807, 2.05) is 0 Å². The average molecular weight is 359 g/mol. The second-order valence-electron chi connectivity index (χ2n) is 6.26. The van der Waals surface area contributed by atoms with Gasteiger partial charge in [0, 0.05) is 13.2 Å². The topological polar surface area (TPSA) is 102 Å². The van der Waals surface area contributed by atoms with Gasteiger partial charge in [0.15, 0.2) is 0 Å². The maximum Gasteiger partial charge on any atom is 0.407 e. The van der Waals surface area contributed by atoms with Crippen LogP contribution < -0.4 is 5.32 Å². The van der Waals surface area contributed by atoms with Crippen molar-refractivity contribution in [2.45, 2.75) is 44.1 Å². The molecule has 0 aromatic heterocycles. The maximum absolute atomic E-state index is 11.4. The summed E-state index contributed by atoms with van der Waals surface area (Å²) < 4.78 is 41.2. The lowest BCUT2D eigenvalue weighted by molar-refractivity contribution is 0.0499. The number of benzene rings is 1. The fraction of sp³-hybridized carbons (Fsp3) is 0.562. The monoisotopic (exact) mass is 359 g/mol.